The lowest BCUT2D eigenvalue weighted by Gasteiger charge is -2.08. The minimum absolute atomic E-state index is 0.0599. The van der Waals surface area contributed by atoms with Crippen LogP contribution in [-0.4, -0.2) is 24.1 Å². The van der Waals surface area contributed by atoms with Crippen molar-refractivity contribution in [2.75, 3.05) is 0 Å². The Morgan fingerprint density at radius 3 is 2.75 bits per heavy atom. The number of benzene rings is 1. The molecule has 2 aliphatic rings. The van der Waals surface area contributed by atoms with E-state index in [4.69, 9.17) is 4.74 Å². The highest BCUT2D eigenvalue weighted by molar-refractivity contribution is 7.90. The van der Waals surface area contributed by atoms with E-state index >= 15 is 0 Å². The van der Waals surface area contributed by atoms with Crippen molar-refractivity contribution in [3.8, 4) is 0 Å². The SMILES string of the molecule is Cn1nc(C2CC2)cc1C(=O)NS(=O)(=O)c1ccc2c(c1)COC2. The molecule has 1 saturated carbocycles. The number of carbonyl (C=O) groups is 1. The largest absolute Gasteiger partial charge is 0.372 e. The number of aromatic nitrogens is 2. The number of amides is 1. The summed E-state index contributed by atoms with van der Waals surface area (Å²) < 4.78 is 33.8. The number of nitrogens with zero attached hydrogens (tertiary/aromatic N) is 2. The number of ether oxygens (including phenoxy) is 1. The first kappa shape index (κ1) is 15.3. The number of carbonyl (C=O) groups excluding carboxylic acids is 1. The van der Waals surface area contributed by atoms with Gasteiger partial charge in [-0.05, 0) is 42.2 Å². The molecule has 4 rings (SSSR count). The first-order chi connectivity index (χ1) is 11.4. The molecule has 1 aromatic heterocycles. The van der Waals surface area contributed by atoms with Crippen molar-refractivity contribution in [2.45, 2.75) is 36.9 Å². The van der Waals surface area contributed by atoms with Crippen LogP contribution in [0.2, 0.25) is 0 Å². The van der Waals surface area contributed by atoms with Crippen molar-refractivity contribution in [3.05, 3.63) is 46.8 Å². The molecule has 1 aliphatic carbocycles. The summed E-state index contributed by atoms with van der Waals surface area (Å²) in [5.74, 6) is -0.278. The van der Waals surface area contributed by atoms with Gasteiger partial charge in [-0.3, -0.25) is 9.48 Å². The fourth-order valence-electron chi connectivity index (χ4n) is 2.83. The summed E-state index contributed by atoms with van der Waals surface area (Å²) in [7, 11) is -2.30. The zero-order valence-corrected chi connectivity index (χ0v) is 14.0. The molecule has 1 amide bonds. The third kappa shape index (κ3) is 2.71. The van der Waals surface area contributed by atoms with Gasteiger partial charge in [0, 0.05) is 13.0 Å². The van der Waals surface area contributed by atoms with Gasteiger partial charge in [-0.2, -0.15) is 5.10 Å². The lowest BCUT2D eigenvalue weighted by atomic mass is 10.1. The summed E-state index contributed by atoms with van der Waals surface area (Å²) in [5, 5.41) is 4.29. The molecular formula is C16H17N3O4S. The number of sulfonamides is 1. The molecule has 24 heavy (non-hydrogen) atoms. The molecule has 126 valence electrons. The molecule has 1 N–H and O–H groups in total. The molecule has 0 atom stereocenters. The van der Waals surface area contributed by atoms with Gasteiger partial charge in [0.05, 0.1) is 23.8 Å². The number of nitrogens with one attached hydrogen (secondary N) is 1. The zero-order valence-electron chi connectivity index (χ0n) is 13.2. The molecule has 0 bridgehead atoms. The average molecular weight is 347 g/mol. The van der Waals surface area contributed by atoms with Crippen LogP contribution < -0.4 is 4.72 Å². The van der Waals surface area contributed by atoms with Crippen LogP contribution in [0.4, 0.5) is 0 Å². The van der Waals surface area contributed by atoms with E-state index in [1.54, 1.807) is 25.2 Å². The lowest BCUT2D eigenvalue weighted by molar-refractivity contribution is 0.0972. The van der Waals surface area contributed by atoms with E-state index in [1.165, 1.54) is 10.7 Å². The first-order valence-corrected chi connectivity index (χ1v) is 9.23. The van der Waals surface area contributed by atoms with Gasteiger partial charge in [0.1, 0.15) is 5.69 Å². The molecule has 2 aromatic rings. The summed E-state index contributed by atoms with van der Waals surface area (Å²) in [6.07, 6.45) is 2.13. The second kappa shape index (κ2) is 5.42. The molecule has 7 nitrogen and oxygen atoms in total. The van der Waals surface area contributed by atoms with E-state index in [1.807, 2.05) is 0 Å². The van der Waals surface area contributed by atoms with E-state index in [9.17, 15) is 13.2 Å². The molecule has 1 aromatic carbocycles. The predicted octanol–water partition coefficient (Wildman–Crippen LogP) is 1.45. The molecule has 0 unspecified atom stereocenters. The smallest absolute Gasteiger partial charge is 0.283 e. The number of rotatable bonds is 4. The van der Waals surface area contributed by atoms with Gasteiger partial charge in [0.2, 0.25) is 0 Å². The van der Waals surface area contributed by atoms with Gasteiger partial charge in [-0.25, -0.2) is 13.1 Å². The van der Waals surface area contributed by atoms with E-state index in [2.05, 4.69) is 9.82 Å². The zero-order chi connectivity index (χ0) is 16.9. The average Bonchev–Trinajstić information content (AvgIpc) is 3.14. The summed E-state index contributed by atoms with van der Waals surface area (Å²) >= 11 is 0. The summed E-state index contributed by atoms with van der Waals surface area (Å²) in [6, 6.07) is 6.43. The third-order valence-corrected chi connectivity index (χ3v) is 5.69. The predicted molar refractivity (Wildman–Crippen MR) is 84.8 cm³/mol. The first-order valence-electron chi connectivity index (χ1n) is 7.75. The van der Waals surface area contributed by atoms with Gasteiger partial charge in [-0.1, -0.05) is 6.07 Å². The van der Waals surface area contributed by atoms with Gasteiger partial charge < -0.3 is 4.74 Å². The number of aryl methyl sites for hydroxylation is 1. The van der Waals surface area contributed by atoms with Gasteiger partial charge in [-0.15, -0.1) is 0 Å². The van der Waals surface area contributed by atoms with Crippen LogP contribution in [0.3, 0.4) is 0 Å². The van der Waals surface area contributed by atoms with Crippen molar-refractivity contribution in [1.29, 1.82) is 0 Å². The van der Waals surface area contributed by atoms with E-state index in [-0.39, 0.29) is 10.6 Å². The molecule has 0 spiro atoms. The van der Waals surface area contributed by atoms with Crippen molar-refractivity contribution in [3.63, 3.8) is 0 Å². The second-order valence-corrected chi connectivity index (χ2v) is 7.89. The molecule has 2 heterocycles. The maximum atomic E-state index is 12.5. The Morgan fingerprint density at radius 1 is 1.25 bits per heavy atom. The van der Waals surface area contributed by atoms with Gasteiger partial charge in [0.15, 0.2) is 0 Å². The van der Waals surface area contributed by atoms with Crippen molar-refractivity contribution in [1.82, 2.24) is 14.5 Å². The number of fused-ring (bicyclic) bond motifs is 1. The molecule has 0 saturated heterocycles. The fourth-order valence-corrected chi connectivity index (χ4v) is 3.84. The van der Waals surface area contributed by atoms with Crippen molar-refractivity contribution in [2.24, 2.45) is 7.05 Å². The Labute approximate surface area is 139 Å². The summed E-state index contributed by atoms with van der Waals surface area (Å²) in [5.41, 5.74) is 2.89. The number of hydrogen-bond donors (Lipinski definition) is 1. The fraction of sp³-hybridized carbons (Fsp3) is 0.375. The van der Waals surface area contributed by atoms with E-state index in [0.717, 1.165) is 29.7 Å². The van der Waals surface area contributed by atoms with E-state index in [0.29, 0.717) is 19.1 Å². The normalized spacial score (nSPS) is 16.9. The second-order valence-electron chi connectivity index (χ2n) is 6.21. The summed E-state index contributed by atoms with van der Waals surface area (Å²) in [6.45, 7) is 0.875. The Bertz CT molecular complexity index is 929. The van der Waals surface area contributed by atoms with Crippen LogP contribution in [-0.2, 0) is 35.0 Å². The lowest BCUT2D eigenvalue weighted by Crippen LogP contribution is -2.32. The van der Waals surface area contributed by atoms with Crippen LogP contribution in [0.15, 0.2) is 29.2 Å². The summed E-state index contributed by atoms with van der Waals surface area (Å²) in [4.78, 5) is 12.4. The van der Waals surface area contributed by atoms with Gasteiger partial charge in [0.25, 0.3) is 15.9 Å². The highest BCUT2D eigenvalue weighted by Gasteiger charge is 2.29. The Morgan fingerprint density at radius 2 is 2.00 bits per heavy atom. The van der Waals surface area contributed by atoms with Crippen molar-refractivity contribution < 1.29 is 17.9 Å². The molecule has 1 fully saturated rings. The van der Waals surface area contributed by atoms with Crippen LogP contribution >= 0.6 is 0 Å². The Hall–Kier alpha value is -2.19. The van der Waals surface area contributed by atoms with E-state index < -0.39 is 15.9 Å². The minimum Gasteiger partial charge on any atom is -0.372 e. The number of hydrogen-bond acceptors (Lipinski definition) is 5. The molecule has 0 radical (unpaired) electrons. The standard InChI is InChI=1S/C16H17N3O4S/c1-19-15(7-14(17-19)10-2-3-10)16(20)18-24(21,22)13-5-4-11-8-23-9-12(11)6-13/h4-7,10H,2-3,8-9H2,1H3,(H,18,20). The molecule has 8 heteroatoms. The van der Waals surface area contributed by atoms with Crippen LogP contribution in [0, 0.1) is 0 Å². The Balaban J connectivity index is 1.58. The van der Waals surface area contributed by atoms with Crippen LogP contribution in [0.25, 0.3) is 0 Å². The Kier molecular flexibility index (Phi) is 3.47. The molecular weight excluding hydrogens is 330 g/mol. The monoisotopic (exact) mass is 347 g/mol. The van der Waals surface area contributed by atoms with Crippen LogP contribution in [0.5, 0.6) is 0 Å². The van der Waals surface area contributed by atoms with Crippen LogP contribution in [0.1, 0.15) is 46.1 Å². The quantitative estimate of drug-likeness (QED) is 0.904. The van der Waals surface area contributed by atoms with Crippen molar-refractivity contribution >= 4 is 15.9 Å². The topological polar surface area (TPSA) is 90.3 Å². The highest BCUT2D eigenvalue weighted by Crippen LogP contribution is 2.39. The third-order valence-electron chi connectivity index (χ3n) is 4.36. The maximum Gasteiger partial charge on any atom is 0.283 e. The minimum atomic E-state index is -3.94. The maximum absolute atomic E-state index is 12.5. The highest BCUT2D eigenvalue weighted by atomic mass is 32.2. The molecule has 1 aliphatic heterocycles. The van der Waals surface area contributed by atoms with Gasteiger partial charge >= 0.3 is 0 Å².